The molecule has 0 bridgehead atoms. The van der Waals surface area contributed by atoms with Crippen LogP contribution in [-0.2, 0) is 5.41 Å². The maximum atomic E-state index is 15.7. The Labute approximate surface area is 438 Å². The second-order valence-corrected chi connectivity index (χ2v) is 18.3. The number of pyridine rings is 1. The maximum Gasteiger partial charge on any atom is 0.338 e. The zero-order chi connectivity index (χ0) is 61.6. The molecular formula is C65H48N6O. The smallest absolute Gasteiger partial charge is 0.294 e. The van der Waals surface area contributed by atoms with Gasteiger partial charge in [-0.15, -0.1) is 0 Å². The Balaban J connectivity index is 1.09. The Morgan fingerprint density at radius 3 is 1.79 bits per heavy atom. The van der Waals surface area contributed by atoms with Crippen LogP contribution in [0.3, 0.4) is 0 Å². The number of benzene rings is 9. The van der Waals surface area contributed by atoms with Gasteiger partial charge in [0.15, 0.2) is 0 Å². The number of hydrogen-bond donors (Lipinski definition) is 0. The molecule has 0 radical (unpaired) electrons. The van der Waals surface area contributed by atoms with Gasteiger partial charge in [-0.3, -0.25) is 22.8 Å². The molecule has 0 saturated carbocycles. The molecule has 0 atom stereocenters. The van der Waals surface area contributed by atoms with E-state index in [4.69, 9.17) is 25.5 Å². The van der Waals surface area contributed by atoms with Crippen molar-refractivity contribution in [2.45, 2.75) is 26.2 Å². The largest absolute Gasteiger partial charge is 0.338 e. The van der Waals surface area contributed by atoms with Gasteiger partial charge >= 0.3 is 5.69 Å². The van der Waals surface area contributed by atoms with Crippen molar-refractivity contribution in [1.82, 2.24) is 23.3 Å². The molecule has 4 aromatic heterocycles. The van der Waals surface area contributed by atoms with E-state index in [0.29, 0.717) is 72.3 Å². The minimum absolute atomic E-state index is 0.0379. The summed E-state index contributed by atoms with van der Waals surface area (Å²) in [5, 5.41) is 1.34. The molecule has 13 aromatic rings. The Kier molecular flexibility index (Phi) is 6.98. The van der Waals surface area contributed by atoms with Crippen LogP contribution in [0.15, 0.2) is 241 Å². The van der Waals surface area contributed by atoms with Gasteiger partial charge in [0, 0.05) is 22.7 Å². The van der Waals surface area contributed by atoms with Crippen molar-refractivity contribution in [2.75, 3.05) is 0 Å². The van der Waals surface area contributed by atoms with E-state index in [-0.39, 0.29) is 51.0 Å². The molecule has 0 saturated heterocycles. The van der Waals surface area contributed by atoms with Crippen molar-refractivity contribution in [3.63, 3.8) is 0 Å². The molecule has 13 rings (SSSR count). The van der Waals surface area contributed by atoms with E-state index in [1.54, 1.807) is 73.0 Å². The second kappa shape index (κ2) is 17.0. The van der Waals surface area contributed by atoms with Gasteiger partial charge in [-0.2, -0.15) is 0 Å². The average Bonchev–Trinajstić information content (AvgIpc) is 1.62. The highest BCUT2D eigenvalue weighted by molar-refractivity contribution is 6.14. The molecule has 7 nitrogen and oxygen atoms in total. The molecule has 0 N–H and O–H groups in total. The highest BCUT2D eigenvalue weighted by Crippen LogP contribution is 2.39. The quantitative estimate of drug-likeness (QED) is 0.113. The van der Waals surface area contributed by atoms with E-state index < -0.39 is 84.2 Å². The molecule has 0 spiro atoms. The van der Waals surface area contributed by atoms with Gasteiger partial charge in [0.2, 0.25) is 0 Å². The first-order valence-electron chi connectivity index (χ1n) is 30.7. The normalized spacial score (nSPS) is 14.8. The molecule has 0 amide bonds. The van der Waals surface area contributed by atoms with Crippen LogP contribution in [0.1, 0.15) is 46.9 Å². The predicted molar refractivity (Wildman–Crippen MR) is 293 cm³/mol. The number of imidazole rings is 2. The topological polar surface area (TPSA) is 53.6 Å². The van der Waals surface area contributed by atoms with Crippen molar-refractivity contribution in [2.24, 2.45) is 0 Å². The number of nitrogens with zero attached hydrogens (tertiary/aromatic N) is 6. The third kappa shape index (κ3) is 7.08. The van der Waals surface area contributed by atoms with E-state index in [1.807, 2.05) is 89.5 Å². The molecule has 0 fully saturated rings. The minimum atomic E-state index is -0.613. The lowest BCUT2D eigenvalue weighted by Crippen LogP contribution is -2.31. The van der Waals surface area contributed by atoms with Crippen LogP contribution >= 0.6 is 0 Å². The van der Waals surface area contributed by atoms with Gasteiger partial charge in [-0.25, -0.2) is 9.78 Å². The Morgan fingerprint density at radius 2 is 1.08 bits per heavy atom. The van der Waals surface area contributed by atoms with Gasteiger partial charge in [-0.1, -0.05) is 184 Å². The van der Waals surface area contributed by atoms with Crippen LogP contribution in [0.5, 0.6) is 0 Å². The van der Waals surface area contributed by atoms with E-state index in [2.05, 4.69) is 27.1 Å². The summed E-state index contributed by atoms with van der Waals surface area (Å²) in [6, 6.07) is 33.6. The minimum Gasteiger partial charge on any atom is -0.294 e. The first-order chi connectivity index (χ1) is 41.5. The summed E-state index contributed by atoms with van der Waals surface area (Å²) in [6.07, 6.45) is 5.19. The lowest BCUT2D eigenvalue weighted by atomic mass is 9.88. The summed E-state index contributed by atoms with van der Waals surface area (Å²) >= 11 is 0. The molecule has 9 aromatic carbocycles. The van der Waals surface area contributed by atoms with Crippen molar-refractivity contribution in [3.8, 4) is 61.9 Å². The molecular weight excluding hydrogens is 881 g/mol. The summed E-state index contributed by atoms with van der Waals surface area (Å²) in [5.74, 6) is 0.571. The first kappa shape index (κ1) is 29.6. The molecule has 72 heavy (non-hydrogen) atoms. The van der Waals surface area contributed by atoms with Crippen LogP contribution in [0.2, 0.25) is 0 Å². The molecule has 0 aliphatic heterocycles. The fourth-order valence-corrected chi connectivity index (χ4v) is 9.73. The summed E-state index contributed by atoms with van der Waals surface area (Å²) in [6.45, 7) is 6.31. The molecule has 4 heterocycles. The zero-order valence-electron chi connectivity index (χ0n) is 53.9. The third-order valence-electron chi connectivity index (χ3n) is 13.1. The van der Waals surface area contributed by atoms with E-state index in [1.165, 1.54) is 6.07 Å². The highest BCUT2D eigenvalue weighted by Gasteiger charge is 2.25. The molecule has 7 heteroatoms. The molecule has 0 aliphatic rings. The van der Waals surface area contributed by atoms with E-state index >= 15 is 4.79 Å². The molecule has 344 valence electrons. The summed E-state index contributed by atoms with van der Waals surface area (Å²) in [7, 11) is 0. The lowest BCUT2D eigenvalue weighted by Gasteiger charge is -2.20. The Hall–Kier alpha value is -9.33. The lowest BCUT2D eigenvalue weighted by molar-refractivity contribution is -0.571. The van der Waals surface area contributed by atoms with Gasteiger partial charge in [0.25, 0.3) is 6.33 Å². The van der Waals surface area contributed by atoms with Crippen molar-refractivity contribution < 1.29 is 25.1 Å². The maximum absolute atomic E-state index is 15.7. The Morgan fingerprint density at radius 1 is 0.486 bits per heavy atom. The first-order valence-corrected chi connectivity index (χ1v) is 23.2. The Bertz CT molecular complexity index is 5020. The summed E-state index contributed by atoms with van der Waals surface area (Å²) in [5.41, 5.74) is 5.40. The number of fused-ring (bicyclic) bond motifs is 5. The molecule has 0 aliphatic carbocycles. The number of aromatic nitrogens is 6. The van der Waals surface area contributed by atoms with Gasteiger partial charge in [-0.05, 0) is 111 Å². The van der Waals surface area contributed by atoms with Crippen LogP contribution < -0.4 is 10.3 Å². The third-order valence-corrected chi connectivity index (χ3v) is 13.1. The van der Waals surface area contributed by atoms with Gasteiger partial charge in [0.1, 0.15) is 5.82 Å². The predicted octanol–water partition coefficient (Wildman–Crippen LogP) is 14.6. The SMILES string of the molecule is [2H]c1c([2H])c([2H])c(-c2ccc3c(c2)c2cc4c(cc2n3-c2cc(C(C)(C)C)ccn2)n(-c2cccc(-n3[c-][n+](-c5c(-c6c([2H])c([2H])c([2H])c([2H])c6[2H])cccc5-c5c([2H])c([2H])c([2H])c([2H])c5[2H])c5ccccc53)c2)c(=O)n4-c2ccccc2)c([2H])c1[2H]. The van der Waals surface area contributed by atoms with Crippen molar-refractivity contribution in [1.29, 1.82) is 0 Å². The summed E-state index contributed by atoms with van der Waals surface area (Å²) in [4.78, 5) is 20.6. The zero-order valence-corrected chi connectivity index (χ0v) is 38.9. The monoisotopic (exact) mass is 943 g/mol. The van der Waals surface area contributed by atoms with Crippen molar-refractivity contribution >= 4 is 43.9 Å². The highest BCUT2D eigenvalue weighted by atomic mass is 16.1. The average molecular weight is 944 g/mol. The van der Waals surface area contributed by atoms with Crippen LogP contribution in [0.4, 0.5) is 0 Å². The number of rotatable bonds is 8. The van der Waals surface area contributed by atoms with Crippen molar-refractivity contribution in [3.05, 3.63) is 259 Å². The molecule has 0 unspecified atom stereocenters. The van der Waals surface area contributed by atoms with Crippen LogP contribution in [0.25, 0.3) is 106 Å². The standard InChI is InChI=1S/C65H48N6O/c1-65(2,3)48-36-37-66-62(39-48)71-56-35-34-47(44-20-8-4-9-21-44)38-54(56)55-41-60-61(42-59(55)71)70(64(72)69(60)49-26-14-7-15-27-49)51-29-18-28-50(40-51)67-43-68(58-33-17-16-32-57(58)67)63-52(45-22-10-5-11-23-45)30-19-31-53(63)46-24-12-6-13-25-46/h4-42H,1-3H3/i4D,5D,6D,8D,9D,10D,11D,12D,13D,20D,21D,22D,23D,24D,25D. The number of hydrogen-bond acceptors (Lipinski definition) is 2. The second-order valence-electron chi connectivity index (χ2n) is 18.3. The van der Waals surface area contributed by atoms with Gasteiger partial charge in [0.05, 0.1) is 70.7 Å². The van der Waals surface area contributed by atoms with Gasteiger partial charge < -0.3 is 0 Å². The summed E-state index contributed by atoms with van der Waals surface area (Å²) < 4.78 is 140. The number of para-hydroxylation sites is 4. The van der Waals surface area contributed by atoms with E-state index in [9.17, 15) is 0 Å². The fraction of sp³-hybridized carbons (Fsp3) is 0.0615. The fourth-order valence-electron chi connectivity index (χ4n) is 9.73. The van der Waals surface area contributed by atoms with E-state index in [0.717, 1.165) is 5.56 Å². The van der Waals surface area contributed by atoms with Crippen LogP contribution in [0, 0.1) is 6.33 Å². The van der Waals surface area contributed by atoms with Crippen LogP contribution in [-0.4, -0.2) is 23.3 Å².